The van der Waals surface area contributed by atoms with Crippen molar-refractivity contribution in [2.45, 2.75) is 63.2 Å². The molecule has 0 heterocycles. The van der Waals surface area contributed by atoms with Gasteiger partial charge in [-0.05, 0) is 42.7 Å². The molecule has 0 aromatic heterocycles. The Labute approximate surface area is 161 Å². The van der Waals surface area contributed by atoms with Gasteiger partial charge in [-0.1, -0.05) is 63.6 Å². The predicted octanol–water partition coefficient (Wildman–Crippen LogP) is 5.72. The van der Waals surface area contributed by atoms with Crippen molar-refractivity contribution in [3.8, 4) is 17.2 Å². The first-order chi connectivity index (χ1) is 12.9. The number of rotatable bonds is 11. The van der Waals surface area contributed by atoms with E-state index in [0.717, 1.165) is 18.4 Å². The van der Waals surface area contributed by atoms with Crippen LogP contribution in [0.1, 0.15) is 57.4 Å². The number of para-hydroxylation sites is 1. The smallest absolute Gasteiger partial charge is 0.298 e. The van der Waals surface area contributed by atoms with Gasteiger partial charge in [0.15, 0.2) is 11.5 Å². The summed E-state index contributed by atoms with van der Waals surface area (Å²) in [4.78, 5) is -0.458. The molecular formula is C21H28O5S. The molecule has 2 N–H and O–H groups in total. The van der Waals surface area contributed by atoms with Crippen LogP contribution in [0.25, 0.3) is 0 Å². The van der Waals surface area contributed by atoms with Gasteiger partial charge in [0.2, 0.25) is 0 Å². The number of aromatic hydroxyl groups is 1. The van der Waals surface area contributed by atoms with E-state index in [-0.39, 0.29) is 11.5 Å². The molecule has 0 saturated heterocycles. The number of ether oxygens (including phenoxy) is 1. The van der Waals surface area contributed by atoms with Crippen molar-refractivity contribution in [2.24, 2.45) is 0 Å². The second-order valence-electron chi connectivity index (χ2n) is 6.70. The average molecular weight is 393 g/mol. The zero-order valence-corrected chi connectivity index (χ0v) is 16.5. The number of unbranched alkanes of at least 4 members (excludes halogenated alkanes) is 6. The second-order valence-corrected chi connectivity index (χ2v) is 8.09. The lowest BCUT2D eigenvalue weighted by Gasteiger charge is -2.12. The molecule has 0 saturated carbocycles. The Bertz CT molecular complexity index is 830. The van der Waals surface area contributed by atoms with E-state index in [9.17, 15) is 18.1 Å². The zero-order chi connectivity index (χ0) is 19.7. The standard InChI is InChI=1S/C21H28O5S/c1-2-3-4-5-6-7-8-11-17-12-9-13-18(16-17)26-21-19(22)14-10-15-20(21)27(23,24)25/h9-10,12-16,22H,2-8,11H2,1H3,(H,23,24,25). The maximum absolute atomic E-state index is 11.5. The van der Waals surface area contributed by atoms with Crippen LogP contribution in [-0.2, 0) is 16.5 Å². The van der Waals surface area contributed by atoms with E-state index in [1.807, 2.05) is 18.2 Å². The number of phenols is 1. The molecule has 0 atom stereocenters. The lowest BCUT2D eigenvalue weighted by atomic mass is 10.0. The van der Waals surface area contributed by atoms with Crippen LogP contribution in [0, 0.1) is 0 Å². The van der Waals surface area contributed by atoms with Gasteiger partial charge in [-0.15, -0.1) is 0 Å². The summed E-state index contributed by atoms with van der Waals surface area (Å²) < 4.78 is 37.9. The molecule has 0 unspecified atom stereocenters. The molecule has 148 valence electrons. The van der Waals surface area contributed by atoms with Crippen molar-refractivity contribution in [3.63, 3.8) is 0 Å². The Kier molecular flexibility index (Phi) is 8.13. The first kappa shape index (κ1) is 21.3. The third kappa shape index (κ3) is 6.88. The van der Waals surface area contributed by atoms with Gasteiger partial charge in [0.1, 0.15) is 10.6 Å². The first-order valence-corrected chi connectivity index (χ1v) is 10.9. The maximum atomic E-state index is 11.5. The summed E-state index contributed by atoms with van der Waals surface area (Å²) in [6.07, 6.45) is 9.56. The minimum Gasteiger partial charge on any atom is -0.504 e. The van der Waals surface area contributed by atoms with E-state index < -0.39 is 15.0 Å². The lowest BCUT2D eigenvalue weighted by molar-refractivity contribution is 0.397. The van der Waals surface area contributed by atoms with Gasteiger partial charge in [-0.3, -0.25) is 4.55 Å². The molecule has 5 nitrogen and oxygen atoms in total. The van der Waals surface area contributed by atoms with E-state index >= 15 is 0 Å². The first-order valence-electron chi connectivity index (χ1n) is 9.48. The summed E-state index contributed by atoms with van der Waals surface area (Å²) in [6.45, 7) is 2.21. The van der Waals surface area contributed by atoms with Crippen molar-refractivity contribution in [2.75, 3.05) is 0 Å². The highest BCUT2D eigenvalue weighted by molar-refractivity contribution is 7.86. The van der Waals surface area contributed by atoms with Crippen molar-refractivity contribution in [1.82, 2.24) is 0 Å². The minimum absolute atomic E-state index is 0.270. The highest BCUT2D eigenvalue weighted by atomic mass is 32.2. The molecule has 0 radical (unpaired) electrons. The van der Waals surface area contributed by atoms with E-state index in [4.69, 9.17) is 4.74 Å². The normalized spacial score (nSPS) is 11.5. The van der Waals surface area contributed by atoms with Crippen LogP contribution in [0.5, 0.6) is 17.2 Å². The highest BCUT2D eigenvalue weighted by Crippen LogP contribution is 2.37. The van der Waals surface area contributed by atoms with E-state index in [1.54, 1.807) is 6.07 Å². The summed E-state index contributed by atoms with van der Waals surface area (Å²) in [7, 11) is -4.50. The van der Waals surface area contributed by atoms with Crippen molar-refractivity contribution in [1.29, 1.82) is 0 Å². The Morgan fingerprint density at radius 3 is 2.30 bits per heavy atom. The summed E-state index contributed by atoms with van der Waals surface area (Å²) in [5, 5.41) is 9.95. The minimum atomic E-state index is -4.50. The summed E-state index contributed by atoms with van der Waals surface area (Å²) in [5.41, 5.74) is 1.09. The maximum Gasteiger partial charge on any atom is 0.298 e. The van der Waals surface area contributed by atoms with Crippen LogP contribution in [0.15, 0.2) is 47.4 Å². The Morgan fingerprint density at radius 1 is 0.926 bits per heavy atom. The number of phenolic OH excluding ortho intramolecular Hbond substituents is 1. The fourth-order valence-corrected chi connectivity index (χ4v) is 3.61. The molecule has 0 aliphatic rings. The van der Waals surface area contributed by atoms with Crippen LogP contribution in [0.2, 0.25) is 0 Å². The second kappa shape index (κ2) is 10.3. The number of aryl methyl sites for hydroxylation is 1. The molecule has 27 heavy (non-hydrogen) atoms. The van der Waals surface area contributed by atoms with Gasteiger partial charge in [0, 0.05) is 0 Å². The molecular weight excluding hydrogens is 364 g/mol. The predicted molar refractivity (Wildman–Crippen MR) is 106 cm³/mol. The van der Waals surface area contributed by atoms with Crippen molar-refractivity contribution >= 4 is 10.1 Å². The fraction of sp³-hybridized carbons (Fsp3) is 0.429. The molecule has 0 spiro atoms. The van der Waals surface area contributed by atoms with Crippen LogP contribution in [-0.4, -0.2) is 18.1 Å². The van der Waals surface area contributed by atoms with Crippen molar-refractivity contribution in [3.05, 3.63) is 48.0 Å². The topological polar surface area (TPSA) is 83.8 Å². The van der Waals surface area contributed by atoms with Gasteiger partial charge in [-0.2, -0.15) is 8.42 Å². The summed E-state index contributed by atoms with van der Waals surface area (Å²) >= 11 is 0. The third-order valence-electron chi connectivity index (χ3n) is 4.42. The Hall–Kier alpha value is -2.05. The number of hydrogen-bond donors (Lipinski definition) is 2. The van der Waals surface area contributed by atoms with Crippen molar-refractivity contribution < 1.29 is 22.8 Å². The van der Waals surface area contributed by atoms with Gasteiger partial charge >= 0.3 is 0 Å². The quantitative estimate of drug-likeness (QED) is 0.377. The lowest BCUT2D eigenvalue weighted by Crippen LogP contribution is -2.01. The molecule has 0 fully saturated rings. The van der Waals surface area contributed by atoms with Crippen LogP contribution >= 0.6 is 0 Å². The molecule has 6 heteroatoms. The van der Waals surface area contributed by atoms with E-state index in [2.05, 4.69) is 6.92 Å². The summed E-state index contributed by atoms with van der Waals surface area (Å²) in [6, 6.07) is 11.2. The summed E-state index contributed by atoms with van der Waals surface area (Å²) in [5.74, 6) is -0.197. The monoisotopic (exact) mass is 392 g/mol. The number of hydrogen-bond acceptors (Lipinski definition) is 4. The SMILES string of the molecule is CCCCCCCCCc1cccc(Oc2c(O)cccc2S(=O)(=O)O)c1. The Balaban J connectivity index is 1.99. The largest absolute Gasteiger partial charge is 0.504 e. The molecule has 0 aliphatic heterocycles. The fourth-order valence-electron chi connectivity index (χ4n) is 2.98. The van der Waals surface area contributed by atoms with E-state index in [1.165, 1.54) is 56.7 Å². The van der Waals surface area contributed by atoms with Gasteiger partial charge in [0.05, 0.1) is 0 Å². The molecule has 0 bridgehead atoms. The van der Waals surface area contributed by atoms with Gasteiger partial charge < -0.3 is 9.84 Å². The van der Waals surface area contributed by atoms with Gasteiger partial charge in [0.25, 0.3) is 10.1 Å². The molecule has 2 aromatic rings. The highest BCUT2D eigenvalue weighted by Gasteiger charge is 2.20. The van der Waals surface area contributed by atoms with Crippen LogP contribution in [0.3, 0.4) is 0 Å². The third-order valence-corrected chi connectivity index (χ3v) is 5.30. The molecule has 2 rings (SSSR count). The van der Waals surface area contributed by atoms with E-state index in [0.29, 0.717) is 5.75 Å². The van der Waals surface area contributed by atoms with Gasteiger partial charge in [-0.25, -0.2) is 0 Å². The molecule has 0 amide bonds. The molecule has 2 aromatic carbocycles. The Morgan fingerprint density at radius 2 is 1.59 bits per heavy atom. The number of benzene rings is 2. The average Bonchev–Trinajstić information content (AvgIpc) is 2.62. The van der Waals surface area contributed by atoms with Crippen LogP contribution in [0.4, 0.5) is 0 Å². The molecule has 0 aliphatic carbocycles. The zero-order valence-electron chi connectivity index (χ0n) is 15.7. The van der Waals surface area contributed by atoms with Crippen LogP contribution < -0.4 is 4.74 Å².